The Labute approximate surface area is 161 Å². The second-order valence-electron chi connectivity index (χ2n) is 8.09. The number of ether oxygens (including phenoxy) is 3. The first-order chi connectivity index (χ1) is 12.9. The van der Waals surface area contributed by atoms with Gasteiger partial charge >= 0.3 is 6.09 Å². The van der Waals surface area contributed by atoms with Gasteiger partial charge in [-0.3, -0.25) is 0 Å². The van der Waals surface area contributed by atoms with Crippen molar-refractivity contribution in [3.8, 4) is 5.75 Å². The van der Waals surface area contributed by atoms with Gasteiger partial charge in [0.1, 0.15) is 17.5 Å². The van der Waals surface area contributed by atoms with E-state index in [4.69, 9.17) is 14.2 Å². The van der Waals surface area contributed by atoms with Crippen LogP contribution in [0.2, 0.25) is 0 Å². The Morgan fingerprint density at radius 2 is 2.00 bits per heavy atom. The van der Waals surface area contributed by atoms with Crippen LogP contribution < -0.4 is 10.1 Å². The lowest BCUT2D eigenvalue weighted by Gasteiger charge is -2.23. The number of allylic oxidation sites excluding steroid dienone is 3. The minimum Gasteiger partial charge on any atom is -0.493 e. The summed E-state index contributed by atoms with van der Waals surface area (Å²) >= 11 is 0. The van der Waals surface area contributed by atoms with Crippen molar-refractivity contribution in [1.82, 2.24) is 5.32 Å². The number of alkyl carbamates (subject to hydrolysis) is 1. The second-order valence-corrected chi connectivity index (χ2v) is 8.09. The number of benzene rings is 1. The molecule has 27 heavy (non-hydrogen) atoms. The van der Waals surface area contributed by atoms with Gasteiger partial charge in [-0.15, -0.1) is 0 Å². The maximum atomic E-state index is 12.1. The topological polar surface area (TPSA) is 60.1 Å². The minimum atomic E-state index is -0.513. The maximum Gasteiger partial charge on any atom is 0.407 e. The Balaban J connectivity index is 1.50. The molecule has 1 aromatic carbocycles. The Morgan fingerprint density at radius 3 is 2.59 bits per heavy atom. The quantitative estimate of drug-likeness (QED) is 0.735. The molecule has 1 heterocycles. The smallest absolute Gasteiger partial charge is 0.407 e. The third kappa shape index (κ3) is 6.75. The highest BCUT2D eigenvalue weighted by Crippen LogP contribution is 2.21. The van der Waals surface area contributed by atoms with Gasteiger partial charge in [0.05, 0.1) is 19.3 Å². The molecule has 0 spiro atoms. The van der Waals surface area contributed by atoms with Crippen molar-refractivity contribution in [2.24, 2.45) is 5.92 Å². The number of epoxide rings is 1. The molecule has 1 aliphatic heterocycles. The minimum absolute atomic E-state index is 0.0552. The highest BCUT2D eigenvalue weighted by Gasteiger charge is 2.34. The van der Waals surface area contributed by atoms with Crippen molar-refractivity contribution < 1.29 is 19.0 Å². The van der Waals surface area contributed by atoms with E-state index in [2.05, 4.69) is 29.6 Å². The third-order valence-electron chi connectivity index (χ3n) is 4.42. The van der Waals surface area contributed by atoms with E-state index in [9.17, 15) is 4.79 Å². The van der Waals surface area contributed by atoms with Crippen molar-refractivity contribution >= 4 is 6.09 Å². The van der Waals surface area contributed by atoms with E-state index in [1.807, 2.05) is 45.0 Å². The fraction of sp³-hybridized carbons (Fsp3) is 0.500. The fourth-order valence-corrected chi connectivity index (χ4v) is 2.96. The summed E-state index contributed by atoms with van der Waals surface area (Å²) in [5.74, 6) is 1.30. The number of rotatable bonds is 7. The molecule has 0 bridgehead atoms. The van der Waals surface area contributed by atoms with Crippen LogP contribution in [0.15, 0.2) is 48.6 Å². The van der Waals surface area contributed by atoms with Gasteiger partial charge in [0.2, 0.25) is 0 Å². The Bertz CT molecular complexity index is 683. The number of hydrogen-bond acceptors (Lipinski definition) is 4. The van der Waals surface area contributed by atoms with Crippen LogP contribution in [-0.2, 0) is 15.9 Å². The zero-order chi connectivity index (χ0) is 19.3. The lowest BCUT2D eigenvalue weighted by molar-refractivity contribution is 0.0495. The normalized spacial score (nSPS) is 22.2. The van der Waals surface area contributed by atoms with Gasteiger partial charge < -0.3 is 19.5 Å². The summed E-state index contributed by atoms with van der Waals surface area (Å²) < 4.78 is 16.6. The van der Waals surface area contributed by atoms with Gasteiger partial charge in [0.25, 0.3) is 0 Å². The van der Waals surface area contributed by atoms with Crippen LogP contribution in [0.3, 0.4) is 0 Å². The number of carbonyl (C=O) groups is 1. The Morgan fingerprint density at radius 1 is 1.26 bits per heavy atom. The first-order valence-electron chi connectivity index (χ1n) is 9.55. The number of hydrogen-bond donors (Lipinski definition) is 1. The molecule has 0 aromatic heterocycles. The summed E-state index contributed by atoms with van der Waals surface area (Å²) in [7, 11) is 0. The zero-order valence-electron chi connectivity index (χ0n) is 16.3. The first-order valence-corrected chi connectivity index (χ1v) is 9.55. The van der Waals surface area contributed by atoms with Crippen molar-refractivity contribution in [2.45, 2.75) is 51.4 Å². The molecule has 2 aliphatic rings. The number of nitrogens with one attached hydrogen (secondary N) is 1. The van der Waals surface area contributed by atoms with Crippen molar-refractivity contribution in [1.29, 1.82) is 0 Å². The van der Waals surface area contributed by atoms with Crippen molar-refractivity contribution in [3.05, 3.63) is 54.1 Å². The Hall–Kier alpha value is -2.27. The van der Waals surface area contributed by atoms with Crippen LogP contribution in [-0.4, -0.2) is 37.1 Å². The van der Waals surface area contributed by atoms with E-state index in [1.54, 1.807) is 0 Å². The van der Waals surface area contributed by atoms with Gasteiger partial charge in [-0.2, -0.15) is 0 Å². The summed E-state index contributed by atoms with van der Waals surface area (Å²) in [6.45, 7) is 6.91. The fourth-order valence-electron chi connectivity index (χ4n) is 2.96. The maximum absolute atomic E-state index is 12.1. The van der Waals surface area contributed by atoms with Gasteiger partial charge in [-0.05, 0) is 51.3 Å². The average Bonchev–Trinajstić information content (AvgIpc) is 3.45. The van der Waals surface area contributed by atoms with Crippen LogP contribution in [0.5, 0.6) is 5.75 Å². The molecule has 0 radical (unpaired) electrons. The number of carbonyl (C=O) groups excluding carboxylic acids is 1. The Kier molecular flexibility index (Phi) is 6.22. The molecule has 1 N–H and O–H groups in total. The molecule has 5 nitrogen and oxygen atoms in total. The highest BCUT2D eigenvalue weighted by molar-refractivity contribution is 5.68. The zero-order valence-corrected chi connectivity index (χ0v) is 16.3. The van der Waals surface area contributed by atoms with E-state index >= 15 is 0 Å². The molecule has 1 fully saturated rings. The van der Waals surface area contributed by atoms with Gasteiger partial charge in [-0.1, -0.05) is 36.4 Å². The second kappa shape index (κ2) is 8.61. The summed E-state index contributed by atoms with van der Waals surface area (Å²) in [6, 6.07) is 7.95. The average molecular weight is 371 g/mol. The molecule has 5 heteroatoms. The molecule has 0 saturated carbocycles. The van der Waals surface area contributed by atoms with E-state index in [0.29, 0.717) is 25.6 Å². The molecule has 146 valence electrons. The third-order valence-corrected chi connectivity index (χ3v) is 4.42. The molecular weight excluding hydrogens is 342 g/mol. The predicted molar refractivity (Wildman–Crippen MR) is 105 cm³/mol. The SMILES string of the molecule is CC(C)(C)OC(=O)NC(Cc1ccc(OCC2C=CC=CC2)cc1)[C@H]1CO1. The molecule has 1 aromatic rings. The van der Waals surface area contributed by atoms with Gasteiger partial charge in [0.15, 0.2) is 0 Å². The van der Waals surface area contributed by atoms with Crippen LogP contribution in [0.4, 0.5) is 4.79 Å². The molecule has 3 rings (SSSR count). The van der Waals surface area contributed by atoms with Gasteiger partial charge in [-0.25, -0.2) is 4.79 Å². The largest absolute Gasteiger partial charge is 0.493 e. The molecule has 1 amide bonds. The van der Waals surface area contributed by atoms with Crippen LogP contribution >= 0.6 is 0 Å². The van der Waals surface area contributed by atoms with E-state index in [-0.39, 0.29) is 12.1 Å². The molecule has 2 unspecified atom stereocenters. The van der Waals surface area contributed by atoms with Crippen molar-refractivity contribution in [3.63, 3.8) is 0 Å². The van der Waals surface area contributed by atoms with E-state index in [1.165, 1.54) is 0 Å². The van der Waals surface area contributed by atoms with Gasteiger partial charge in [0, 0.05) is 5.92 Å². The predicted octanol–water partition coefficient (Wildman–Crippen LogP) is 4.03. The summed E-state index contributed by atoms with van der Waals surface area (Å²) in [5, 5.41) is 2.94. The van der Waals surface area contributed by atoms with Crippen LogP contribution in [0.25, 0.3) is 0 Å². The van der Waals surface area contributed by atoms with E-state index < -0.39 is 11.7 Å². The van der Waals surface area contributed by atoms with E-state index in [0.717, 1.165) is 17.7 Å². The summed E-state index contributed by atoms with van der Waals surface area (Å²) in [6.07, 6.45) is 9.84. The molecule has 3 atom stereocenters. The van der Waals surface area contributed by atoms with Crippen LogP contribution in [0.1, 0.15) is 32.8 Å². The highest BCUT2D eigenvalue weighted by atomic mass is 16.6. The molecular formula is C22H29NO4. The summed E-state index contributed by atoms with van der Waals surface area (Å²) in [5.41, 5.74) is 0.612. The summed E-state index contributed by atoms with van der Waals surface area (Å²) in [4.78, 5) is 12.1. The lowest BCUT2D eigenvalue weighted by atomic mass is 10.0. The molecule has 1 aliphatic carbocycles. The van der Waals surface area contributed by atoms with Crippen LogP contribution in [0, 0.1) is 5.92 Å². The standard InChI is InChI=1S/C22H29NO4/c1-22(2,3)27-21(24)23-19(20-15-26-20)13-16-9-11-18(12-10-16)25-14-17-7-5-4-6-8-17/h4-7,9-12,17,19-20H,8,13-15H2,1-3H3,(H,23,24)/t17?,19?,20-/m1/s1. The molecule has 1 saturated heterocycles. The lowest BCUT2D eigenvalue weighted by Crippen LogP contribution is -2.43. The monoisotopic (exact) mass is 371 g/mol. The van der Waals surface area contributed by atoms with Crippen molar-refractivity contribution in [2.75, 3.05) is 13.2 Å². The first kappa shape index (κ1) is 19.5. The number of amides is 1.